The Kier molecular flexibility index (Phi) is 2.50. The number of aromatic nitrogens is 2. The van der Waals surface area contributed by atoms with E-state index in [2.05, 4.69) is 16.9 Å². The fourth-order valence-corrected chi connectivity index (χ4v) is 2.05. The van der Waals surface area contributed by atoms with Crippen LogP contribution < -0.4 is 0 Å². The van der Waals surface area contributed by atoms with Gasteiger partial charge in [-0.25, -0.2) is 4.98 Å². The van der Waals surface area contributed by atoms with E-state index in [1.807, 2.05) is 0 Å². The number of aromatic amines is 1. The number of ether oxygens (including phenoxy) is 1. The van der Waals surface area contributed by atoms with Crippen molar-refractivity contribution in [3.8, 4) is 0 Å². The van der Waals surface area contributed by atoms with Crippen LogP contribution in [0.1, 0.15) is 37.7 Å². The number of nitrogens with zero attached hydrogens (tertiary/aromatic N) is 1. The Morgan fingerprint density at radius 3 is 2.80 bits per heavy atom. The van der Waals surface area contributed by atoms with E-state index >= 15 is 0 Å². The summed E-state index contributed by atoms with van der Waals surface area (Å²) in [7, 11) is 1.44. The average molecular weight is 208 g/mol. The van der Waals surface area contributed by atoms with Crippen LogP contribution in [0.2, 0.25) is 0 Å². The smallest absolute Gasteiger partial charge is 0.319 e. The Labute approximate surface area is 89.0 Å². The first-order chi connectivity index (χ1) is 7.23. The molecule has 1 N–H and O–H groups in total. The number of hydrogen-bond donors (Lipinski definition) is 1. The number of methoxy groups -OCH3 is 1. The molecule has 2 rings (SSSR count). The molecule has 0 saturated heterocycles. The van der Waals surface area contributed by atoms with Crippen molar-refractivity contribution in [3.63, 3.8) is 0 Å². The molecule has 0 aliphatic heterocycles. The van der Waals surface area contributed by atoms with Gasteiger partial charge in [-0.05, 0) is 19.3 Å². The molecule has 1 aromatic rings. The minimum atomic E-state index is -0.484. The van der Waals surface area contributed by atoms with Crippen molar-refractivity contribution in [2.75, 3.05) is 7.11 Å². The standard InChI is InChI=1S/C11H16N2O2/c1-3-8-7-12-9(13-8)11(5-4-6-11)10(14)15-2/h7H,3-6H2,1-2H3,(H,12,13). The highest BCUT2D eigenvalue weighted by Crippen LogP contribution is 2.43. The molecule has 82 valence electrons. The van der Waals surface area contributed by atoms with E-state index in [1.165, 1.54) is 7.11 Å². The third-order valence-corrected chi connectivity index (χ3v) is 3.25. The summed E-state index contributed by atoms with van der Waals surface area (Å²) < 4.78 is 4.86. The molecule has 1 fully saturated rings. The van der Waals surface area contributed by atoms with Crippen LogP contribution in [0.5, 0.6) is 0 Å². The summed E-state index contributed by atoms with van der Waals surface area (Å²) in [5, 5.41) is 0. The first-order valence-corrected chi connectivity index (χ1v) is 5.35. The molecule has 0 bridgehead atoms. The van der Waals surface area contributed by atoms with E-state index in [4.69, 9.17) is 4.74 Å². The Hall–Kier alpha value is -1.32. The number of aryl methyl sites for hydroxylation is 1. The lowest BCUT2D eigenvalue weighted by molar-refractivity contribution is -0.151. The van der Waals surface area contributed by atoms with Crippen molar-refractivity contribution in [2.45, 2.75) is 38.0 Å². The van der Waals surface area contributed by atoms with Gasteiger partial charge in [0.1, 0.15) is 11.2 Å². The molecule has 1 saturated carbocycles. The summed E-state index contributed by atoms with van der Waals surface area (Å²) in [5.41, 5.74) is 0.586. The lowest BCUT2D eigenvalue weighted by Crippen LogP contribution is -2.44. The zero-order valence-corrected chi connectivity index (χ0v) is 9.17. The number of nitrogens with one attached hydrogen (secondary N) is 1. The molecule has 1 aromatic heterocycles. The quantitative estimate of drug-likeness (QED) is 0.767. The highest BCUT2D eigenvalue weighted by atomic mass is 16.5. The molecular formula is C11H16N2O2. The van der Waals surface area contributed by atoms with Gasteiger partial charge in [0.05, 0.1) is 7.11 Å². The monoisotopic (exact) mass is 208 g/mol. The predicted octanol–water partition coefficient (Wildman–Crippen LogP) is 1.57. The Bertz CT molecular complexity index is 366. The normalized spacial score (nSPS) is 18.3. The van der Waals surface area contributed by atoms with E-state index in [0.29, 0.717) is 0 Å². The topological polar surface area (TPSA) is 55.0 Å². The van der Waals surface area contributed by atoms with Crippen molar-refractivity contribution in [1.29, 1.82) is 0 Å². The summed E-state index contributed by atoms with van der Waals surface area (Å²) in [6.07, 6.45) is 5.46. The zero-order valence-electron chi connectivity index (χ0n) is 9.17. The number of H-pyrrole nitrogens is 1. The van der Waals surface area contributed by atoms with E-state index in [0.717, 1.165) is 37.2 Å². The number of imidazole rings is 1. The molecular weight excluding hydrogens is 192 g/mol. The maximum Gasteiger partial charge on any atom is 0.319 e. The van der Waals surface area contributed by atoms with Crippen molar-refractivity contribution in [3.05, 3.63) is 17.7 Å². The van der Waals surface area contributed by atoms with Gasteiger partial charge in [-0.1, -0.05) is 13.3 Å². The molecule has 0 spiro atoms. The lowest BCUT2D eigenvalue weighted by atomic mass is 9.68. The molecule has 4 heteroatoms. The van der Waals surface area contributed by atoms with Gasteiger partial charge in [0, 0.05) is 11.9 Å². The zero-order chi connectivity index (χ0) is 10.9. The van der Waals surface area contributed by atoms with Crippen LogP contribution >= 0.6 is 0 Å². The van der Waals surface area contributed by atoms with Gasteiger partial charge >= 0.3 is 5.97 Å². The summed E-state index contributed by atoms with van der Waals surface area (Å²) >= 11 is 0. The molecule has 15 heavy (non-hydrogen) atoms. The number of carbonyl (C=O) groups is 1. The van der Waals surface area contributed by atoms with Crippen LogP contribution in [0.4, 0.5) is 0 Å². The fourth-order valence-electron chi connectivity index (χ4n) is 2.05. The Morgan fingerprint density at radius 2 is 2.40 bits per heavy atom. The van der Waals surface area contributed by atoms with Crippen molar-refractivity contribution in [2.24, 2.45) is 0 Å². The molecule has 0 radical (unpaired) electrons. The number of carbonyl (C=O) groups excluding carboxylic acids is 1. The first-order valence-electron chi connectivity index (χ1n) is 5.35. The summed E-state index contributed by atoms with van der Waals surface area (Å²) in [6, 6.07) is 0. The molecule has 1 heterocycles. The Morgan fingerprint density at radius 1 is 1.67 bits per heavy atom. The minimum Gasteiger partial charge on any atom is -0.468 e. The minimum absolute atomic E-state index is 0.161. The van der Waals surface area contributed by atoms with Crippen LogP contribution in [0.3, 0.4) is 0 Å². The maximum absolute atomic E-state index is 11.7. The molecule has 1 aliphatic rings. The van der Waals surface area contributed by atoms with Gasteiger partial charge in [-0.15, -0.1) is 0 Å². The van der Waals surface area contributed by atoms with Crippen molar-refractivity contribution >= 4 is 5.97 Å². The van der Waals surface area contributed by atoms with Crippen LogP contribution in [0, 0.1) is 0 Å². The van der Waals surface area contributed by atoms with Crippen LogP contribution in [0.15, 0.2) is 6.20 Å². The second-order valence-corrected chi connectivity index (χ2v) is 4.04. The third kappa shape index (κ3) is 1.44. The SMILES string of the molecule is CCc1cnc(C2(C(=O)OC)CCC2)[nH]1. The van der Waals surface area contributed by atoms with Crippen molar-refractivity contribution in [1.82, 2.24) is 9.97 Å². The van der Waals surface area contributed by atoms with E-state index in [-0.39, 0.29) is 5.97 Å². The van der Waals surface area contributed by atoms with E-state index in [9.17, 15) is 4.79 Å². The largest absolute Gasteiger partial charge is 0.468 e. The predicted molar refractivity (Wildman–Crippen MR) is 55.5 cm³/mol. The average Bonchev–Trinajstić information content (AvgIpc) is 2.64. The molecule has 0 atom stereocenters. The molecule has 1 aliphatic carbocycles. The van der Waals surface area contributed by atoms with Gasteiger partial charge in [0.2, 0.25) is 0 Å². The second-order valence-electron chi connectivity index (χ2n) is 4.04. The fraction of sp³-hybridized carbons (Fsp3) is 0.636. The van der Waals surface area contributed by atoms with Gasteiger partial charge in [-0.2, -0.15) is 0 Å². The highest BCUT2D eigenvalue weighted by molar-refractivity contribution is 5.83. The van der Waals surface area contributed by atoms with Gasteiger partial charge < -0.3 is 9.72 Å². The van der Waals surface area contributed by atoms with E-state index in [1.54, 1.807) is 6.20 Å². The molecule has 0 unspecified atom stereocenters. The second kappa shape index (κ2) is 3.68. The third-order valence-electron chi connectivity index (χ3n) is 3.25. The number of hydrogen-bond acceptors (Lipinski definition) is 3. The lowest BCUT2D eigenvalue weighted by Gasteiger charge is -2.36. The van der Waals surface area contributed by atoms with Gasteiger partial charge in [0.15, 0.2) is 0 Å². The molecule has 4 nitrogen and oxygen atoms in total. The van der Waals surface area contributed by atoms with Gasteiger partial charge in [0.25, 0.3) is 0 Å². The van der Waals surface area contributed by atoms with E-state index < -0.39 is 5.41 Å². The summed E-state index contributed by atoms with van der Waals surface area (Å²) in [4.78, 5) is 19.2. The number of rotatable bonds is 3. The molecule has 0 aromatic carbocycles. The summed E-state index contributed by atoms with van der Waals surface area (Å²) in [5.74, 6) is 0.614. The molecule has 0 amide bonds. The number of esters is 1. The van der Waals surface area contributed by atoms with Gasteiger partial charge in [-0.3, -0.25) is 4.79 Å². The van der Waals surface area contributed by atoms with Crippen LogP contribution in [-0.4, -0.2) is 23.0 Å². The van der Waals surface area contributed by atoms with Crippen molar-refractivity contribution < 1.29 is 9.53 Å². The Balaban J connectivity index is 2.29. The highest BCUT2D eigenvalue weighted by Gasteiger charge is 2.49. The first kappa shape index (κ1) is 10.2. The maximum atomic E-state index is 11.7. The van der Waals surface area contributed by atoms with Crippen LogP contribution in [0.25, 0.3) is 0 Å². The van der Waals surface area contributed by atoms with Crippen LogP contribution in [-0.2, 0) is 21.4 Å². The summed E-state index contributed by atoms with van der Waals surface area (Å²) in [6.45, 7) is 2.06.